The van der Waals surface area contributed by atoms with Gasteiger partial charge in [0.2, 0.25) is 0 Å². The van der Waals surface area contributed by atoms with Gasteiger partial charge in [-0.2, -0.15) is 18.1 Å². The maximum atomic E-state index is 13.2. The number of rotatable bonds is 2. The highest BCUT2D eigenvalue weighted by atomic mass is 19.4. The number of amides is 2. The number of hydrogen-bond donors (Lipinski definition) is 0. The van der Waals surface area contributed by atoms with Crippen LogP contribution in [0, 0.1) is 0 Å². The predicted molar refractivity (Wildman–Crippen MR) is 89.6 cm³/mol. The fourth-order valence-electron chi connectivity index (χ4n) is 1.81. The molecule has 27 heavy (non-hydrogen) atoms. The molecule has 150 valence electrons. The molecule has 1 aromatic heterocycles. The van der Waals surface area contributed by atoms with Gasteiger partial charge in [-0.05, 0) is 47.6 Å². The molecule has 1 rings (SSSR count). The Balaban J connectivity index is 3.48. The third kappa shape index (κ3) is 6.54. The molecule has 2 amide bonds. The summed E-state index contributed by atoms with van der Waals surface area (Å²) in [6, 6.07) is 0.463. The fraction of sp³-hybridized carbons (Fsp3) is 0.529. The van der Waals surface area contributed by atoms with E-state index in [4.69, 9.17) is 9.47 Å². The molecule has 0 saturated carbocycles. The van der Waals surface area contributed by atoms with Gasteiger partial charge in [0.15, 0.2) is 6.29 Å². The minimum Gasteiger partial charge on any atom is -0.443 e. The minimum absolute atomic E-state index is 0.0715. The summed E-state index contributed by atoms with van der Waals surface area (Å²) in [4.78, 5) is 39.4. The van der Waals surface area contributed by atoms with E-state index in [0.717, 1.165) is 6.20 Å². The smallest absolute Gasteiger partial charge is 0.424 e. The Kier molecular flexibility index (Phi) is 6.25. The molecule has 1 heterocycles. The second-order valence-electron chi connectivity index (χ2n) is 7.54. The summed E-state index contributed by atoms with van der Waals surface area (Å²) in [5, 5.41) is 0. The fourth-order valence-corrected chi connectivity index (χ4v) is 1.81. The van der Waals surface area contributed by atoms with E-state index in [0.29, 0.717) is 11.0 Å². The Morgan fingerprint density at radius 1 is 1.00 bits per heavy atom. The first kappa shape index (κ1) is 22.4. The normalized spacial score (nSPS) is 12.3. The largest absolute Gasteiger partial charge is 0.443 e. The van der Waals surface area contributed by atoms with Gasteiger partial charge in [0.25, 0.3) is 0 Å². The summed E-state index contributed by atoms with van der Waals surface area (Å²) >= 11 is 0. The lowest BCUT2D eigenvalue weighted by Crippen LogP contribution is -2.44. The van der Waals surface area contributed by atoms with Crippen LogP contribution in [0.15, 0.2) is 12.3 Å². The van der Waals surface area contributed by atoms with Crippen molar-refractivity contribution < 1.29 is 37.0 Å². The zero-order valence-electron chi connectivity index (χ0n) is 15.8. The summed E-state index contributed by atoms with van der Waals surface area (Å²) in [5.41, 5.74) is -4.87. The number of carbonyl (C=O) groups is 3. The van der Waals surface area contributed by atoms with Crippen LogP contribution in [0.3, 0.4) is 0 Å². The average molecular weight is 390 g/mol. The summed E-state index contributed by atoms with van der Waals surface area (Å²) in [6.45, 7) is 9.13. The maximum Gasteiger partial charge on any atom is 0.424 e. The number of ether oxygens (including phenoxy) is 2. The highest BCUT2D eigenvalue weighted by Crippen LogP contribution is 2.33. The second-order valence-corrected chi connectivity index (χ2v) is 7.54. The number of alkyl halides is 3. The van der Waals surface area contributed by atoms with E-state index in [-0.39, 0.29) is 6.29 Å². The van der Waals surface area contributed by atoms with Crippen LogP contribution in [-0.4, -0.2) is 34.7 Å². The molecule has 0 saturated heterocycles. The lowest BCUT2D eigenvalue weighted by atomic mass is 10.1. The second kappa shape index (κ2) is 7.53. The van der Waals surface area contributed by atoms with Crippen molar-refractivity contribution in [3.05, 3.63) is 23.5 Å². The number of nitrogens with zero attached hydrogens (tertiary/aromatic N) is 2. The predicted octanol–water partition coefficient (Wildman–Crippen LogP) is 4.59. The zero-order chi connectivity index (χ0) is 21.2. The number of imide groups is 1. The van der Waals surface area contributed by atoms with Crippen LogP contribution < -0.4 is 4.90 Å². The molecule has 0 aromatic carbocycles. The van der Waals surface area contributed by atoms with Crippen molar-refractivity contribution in [3.63, 3.8) is 0 Å². The van der Waals surface area contributed by atoms with E-state index in [1.54, 1.807) is 0 Å². The van der Waals surface area contributed by atoms with Gasteiger partial charge < -0.3 is 9.47 Å². The molecule has 0 aliphatic rings. The molecule has 0 aliphatic heterocycles. The summed E-state index contributed by atoms with van der Waals surface area (Å²) in [7, 11) is 0. The van der Waals surface area contributed by atoms with Crippen LogP contribution in [0.5, 0.6) is 0 Å². The Hall–Kier alpha value is -2.65. The van der Waals surface area contributed by atoms with Crippen molar-refractivity contribution in [1.29, 1.82) is 0 Å². The molecule has 1 aromatic rings. The molecule has 0 aliphatic carbocycles. The Labute approximate surface area is 154 Å². The van der Waals surface area contributed by atoms with E-state index >= 15 is 0 Å². The van der Waals surface area contributed by atoms with Gasteiger partial charge in [-0.15, -0.1) is 0 Å². The molecule has 7 nitrogen and oxygen atoms in total. The lowest BCUT2D eigenvalue weighted by Gasteiger charge is -2.28. The van der Waals surface area contributed by atoms with Gasteiger partial charge in [0, 0.05) is 0 Å². The quantitative estimate of drug-likeness (QED) is 0.687. The minimum atomic E-state index is -4.92. The third-order valence-electron chi connectivity index (χ3n) is 2.73. The van der Waals surface area contributed by atoms with Crippen molar-refractivity contribution >= 4 is 24.2 Å². The van der Waals surface area contributed by atoms with E-state index in [9.17, 15) is 27.6 Å². The molecule has 0 atom stereocenters. The van der Waals surface area contributed by atoms with Crippen molar-refractivity contribution in [2.45, 2.75) is 58.9 Å². The number of anilines is 1. The van der Waals surface area contributed by atoms with E-state index in [1.165, 1.54) is 41.5 Å². The number of carbonyl (C=O) groups excluding carboxylic acids is 3. The molecule has 0 bridgehead atoms. The van der Waals surface area contributed by atoms with Gasteiger partial charge in [-0.3, -0.25) is 9.78 Å². The maximum absolute atomic E-state index is 13.2. The van der Waals surface area contributed by atoms with Crippen LogP contribution in [0.1, 0.15) is 57.6 Å². The van der Waals surface area contributed by atoms with Crippen molar-refractivity contribution in [3.8, 4) is 0 Å². The van der Waals surface area contributed by atoms with Crippen LogP contribution in [0.2, 0.25) is 0 Å². The van der Waals surface area contributed by atoms with E-state index < -0.39 is 46.5 Å². The van der Waals surface area contributed by atoms with Crippen LogP contribution in [0.25, 0.3) is 0 Å². The zero-order valence-corrected chi connectivity index (χ0v) is 15.8. The topological polar surface area (TPSA) is 85.8 Å². The first-order valence-electron chi connectivity index (χ1n) is 7.83. The number of aromatic nitrogens is 1. The highest BCUT2D eigenvalue weighted by Gasteiger charge is 2.38. The number of hydrogen-bond acceptors (Lipinski definition) is 6. The van der Waals surface area contributed by atoms with Gasteiger partial charge in [-0.1, -0.05) is 0 Å². The van der Waals surface area contributed by atoms with Crippen LogP contribution in [0.4, 0.5) is 28.4 Å². The van der Waals surface area contributed by atoms with E-state index in [1.807, 2.05) is 0 Å². The number of aldehydes is 1. The molecule has 10 heteroatoms. The summed E-state index contributed by atoms with van der Waals surface area (Å²) in [5.74, 6) is 0. The number of pyridine rings is 1. The molecule has 0 spiro atoms. The van der Waals surface area contributed by atoms with Gasteiger partial charge in [0.05, 0.1) is 17.4 Å². The standard InChI is InChI=1S/C17H21F3N2O5/c1-15(2,3)26-13(24)22(14(25)27-16(4,5)6)10-7-11(17(18,19)20)12(9-23)21-8-10/h7-9H,1-6H3. The van der Waals surface area contributed by atoms with Crippen LogP contribution in [-0.2, 0) is 15.7 Å². The molecular weight excluding hydrogens is 369 g/mol. The highest BCUT2D eigenvalue weighted by molar-refractivity contribution is 6.09. The molecule has 0 N–H and O–H groups in total. The lowest BCUT2D eigenvalue weighted by molar-refractivity contribution is -0.138. The van der Waals surface area contributed by atoms with Crippen molar-refractivity contribution in [1.82, 2.24) is 4.98 Å². The molecule has 0 fully saturated rings. The third-order valence-corrected chi connectivity index (χ3v) is 2.73. The SMILES string of the molecule is CC(C)(C)OC(=O)N(C(=O)OC(C)(C)C)c1cnc(C=O)c(C(F)(F)F)c1. The molecular formula is C17H21F3N2O5. The first-order valence-corrected chi connectivity index (χ1v) is 7.83. The van der Waals surface area contributed by atoms with Gasteiger partial charge >= 0.3 is 18.4 Å². The van der Waals surface area contributed by atoms with Gasteiger partial charge in [0.1, 0.15) is 16.9 Å². The Morgan fingerprint density at radius 3 is 1.78 bits per heavy atom. The monoisotopic (exact) mass is 390 g/mol. The van der Waals surface area contributed by atoms with Crippen molar-refractivity contribution in [2.24, 2.45) is 0 Å². The molecule has 0 unspecified atom stereocenters. The number of halogens is 3. The van der Waals surface area contributed by atoms with Gasteiger partial charge in [-0.25, -0.2) is 9.59 Å². The average Bonchev–Trinajstić information content (AvgIpc) is 2.42. The Bertz CT molecular complexity index is 706. The van der Waals surface area contributed by atoms with Crippen molar-refractivity contribution in [2.75, 3.05) is 4.90 Å². The summed E-state index contributed by atoms with van der Waals surface area (Å²) in [6.07, 6.45) is -6.70. The van der Waals surface area contributed by atoms with Crippen LogP contribution >= 0.6 is 0 Å². The first-order chi connectivity index (χ1) is 12.0. The molecule has 0 radical (unpaired) electrons. The Morgan fingerprint density at radius 2 is 1.44 bits per heavy atom. The van der Waals surface area contributed by atoms with E-state index in [2.05, 4.69) is 4.98 Å². The summed E-state index contributed by atoms with van der Waals surface area (Å²) < 4.78 is 49.7.